The van der Waals surface area contributed by atoms with Gasteiger partial charge in [-0.05, 0) is 19.9 Å². The summed E-state index contributed by atoms with van der Waals surface area (Å²) in [5.74, 6) is -0.645. The Labute approximate surface area is 111 Å². The van der Waals surface area contributed by atoms with Crippen molar-refractivity contribution in [3.05, 3.63) is 23.9 Å². The molecular weight excluding hydrogens is 256 g/mol. The molecule has 0 aliphatic heterocycles. The third-order valence-electron chi connectivity index (χ3n) is 2.54. The Kier molecular flexibility index (Phi) is 5.37. The van der Waals surface area contributed by atoms with Gasteiger partial charge in [0.2, 0.25) is 5.17 Å². The molecule has 0 aromatic rings. The summed E-state index contributed by atoms with van der Waals surface area (Å²) < 4.78 is 10.0. The monoisotopic (exact) mass is 272 g/mol. The van der Waals surface area contributed by atoms with Crippen molar-refractivity contribution in [1.82, 2.24) is 5.43 Å². The minimum absolute atomic E-state index is 0.230. The van der Waals surface area contributed by atoms with Gasteiger partial charge in [-0.25, -0.2) is 4.79 Å². The van der Waals surface area contributed by atoms with Crippen molar-refractivity contribution in [2.45, 2.75) is 25.9 Å². The summed E-state index contributed by atoms with van der Waals surface area (Å²) in [5, 5.41) is 3.51. The van der Waals surface area contributed by atoms with Crippen LogP contribution in [0.1, 0.15) is 20.3 Å². The molecule has 0 saturated carbocycles. The van der Waals surface area contributed by atoms with Gasteiger partial charge in [0.1, 0.15) is 0 Å². The lowest BCUT2D eigenvalue weighted by molar-refractivity contribution is -0.134. The van der Waals surface area contributed by atoms with E-state index in [0.29, 0.717) is 0 Å². The van der Waals surface area contributed by atoms with Crippen LogP contribution in [0, 0.1) is 0 Å². The van der Waals surface area contributed by atoms with Crippen LogP contribution in [-0.2, 0) is 14.3 Å². The molecule has 100 valence electrons. The van der Waals surface area contributed by atoms with Gasteiger partial charge in [0.25, 0.3) is 0 Å². The van der Waals surface area contributed by atoms with Crippen molar-refractivity contribution in [2.24, 2.45) is 5.10 Å². The van der Waals surface area contributed by atoms with Gasteiger partial charge in [-0.1, -0.05) is 23.8 Å². The number of ether oxygens (including phenoxy) is 2. The number of allylic oxidation sites excluding steroid dienone is 1. The van der Waals surface area contributed by atoms with Crippen molar-refractivity contribution < 1.29 is 14.3 Å². The molecule has 0 radical (unpaired) electrons. The van der Waals surface area contributed by atoms with E-state index >= 15 is 0 Å². The van der Waals surface area contributed by atoms with E-state index < -0.39 is 5.97 Å². The second-order valence-electron chi connectivity index (χ2n) is 3.95. The predicted octanol–water partition coefficient (Wildman–Crippen LogP) is 1.94. The van der Waals surface area contributed by atoms with Crippen molar-refractivity contribution >= 4 is 22.7 Å². The van der Waals surface area contributed by atoms with Gasteiger partial charge in [0.05, 0.1) is 17.9 Å². The summed E-state index contributed by atoms with van der Waals surface area (Å²) in [6, 6.07) is 0. The van der Waals surface area contributed by atoms with E-state index in [0.717, 1.165) is 12.1 Å². The Bertz CT molecular complexity index is 404. The highest BCUT2D eigenvalue weighted by Crippen LogP contribution is 2.22. The standard InChI is InChI=1S/C12H17ClN2O3/c1-4-18-11(16)10(13)15-14-9-5-7-12(2,17-3)8-6-9/h5-7,14H,4,8H2,1-3H3/b15-10-. The molecule has 0 saturated heterocycles. The number of carbonyl (C=O) groups is 1. The highest BCUT2D eigenvalue weighted by Gasteiger charge is 2.21. The molecule has 1 aliphatic rings. The average Bonchev–Trinajstić information content (AvgIpc) is 2.38. The van der Waals surface area contributed by atoms with Gasteiger partial charge in [-0.3, -0.25) is 5.43 Å². The fraction of sp³-hybridized carbons (Fsp3) is 0.500. The SMILES string of the molecule is CCOC(=O)/C(Cl)=N/NC1=CCC(C)(OC)C=C1. The minimum atomic E-state index is -0.645. The van der Waals surface area contributed by atoms with Crippen LogP contribution in [0.5, 0.6) is 0 Å². The van der Waals surface area contributed by atoms with Gasteiger partial charge < -0.3 is 9.47 Å². The van der Waals surface area contributed by atoms with E-state index in [1.165, 1.54) is 0 Å². The van der Waals surface area contributed by atoms with Gasteiger partial charge >= 0.3 is 5.97 Å². The molecule has 0 aromatic carbocycles. The molecule has 0 spiro atoms. The number of methoxy groups -OCH3 is 1. The zero-order valence-corrected chi connectivity index (χ0v) is 11.5. The number of rotatable bonds is 5. The molecule has 0 fully saturated rings. The highest BCUT2D eigenvalue weighted by atomic mass is 35.5. The quantitative estimate of drug-likeness (QED) is 0.472. The topological polar surface area (TPSA) is 59.9 Å². The number of halogens is 1. The van der Waals surface area contributed by atoms with E-state index in [-0.39, 0.29) is 17.4 Å². The second-order valence-corrected chi connectivity index (χ2v) is 4.31. The van der Waals surface area contributed by atoms with Crippen molar-refractivity contribution in [2.75, 3.05) is 13.7 Å². The summed E-state index contributed by atoms with van der Waals surface area (Å²) in [6.45, 7) is 3.94. The summed E-state index contributed by atoms with van der Waals surface area (Å²) in [4.78, 5) is 11.2. The van der Waals surface area contributed by atoms with Gasteiger partial charge in [0, 0.05) is 13.5 Å². The molecule has 0 bridgehead atoms. The molecule has 1 atom stereocenters. The molecule has 18 heavy (non-hydrogen) atoms. The highest BCUT2D eigenvalue weighted by molar-refractivity contribution is 6.81. The lowest BCUT2D eigenvalue weighted by Crippen LogP contribution is -2.26. The minimum Gasteiger partial charge on any atom is -0.461 e. The number of hydrogen-bond acceptors (Lipinski definition) is 5. The number of nitrogens with zero attached hydrogens (tertiary/aromatic N) is 1. The molecule has 1 rings (SSSR count). The van der Waals surface area contributed by atoms with Crippen molar-refractivity contribution in [3.8, 4) is 0 Å². The Hall–Kier alpha value is -1.33. The first-order valence-corrected chi connectivity index (χ1v) is 5.99. The third-order valence-corrected chi connectivity index (χ3v) is 2.77. The fourth-order valence-electron chi connectivity index (χ4n) is 1.30. The van der Waals surface area contributed by atoms with E-state index in [2.05, 4.69) is 10.5 Å². The molecule has 6 heteroatoms. The number of hydrogen-bond donors (Lipinski definition) is 1. The summed E-state index contributed by atoms with van der Waals surface area (Å²) in [6.07, 6.45) is 6.38. The van der Waals surface area contributed by atoms with E-state index in [1.807, 2.05) is 25.2 Å². The maximum Gasteiger partial charge on any atom is 0.370 e. The first-order valence-electron chi connectivity index (χ1n) is 5.61. The van der Waals surface area contributed by atoms with E-state index in [9.17, 15) is 4.79 Å². The predicted molar refractivity (Wildman–Crippen MR) is 70.3 cm³/mol. The molecule has 1 aliphatic carbocycles. The zero-order valence-electron chi connectivity index (χ0n) is 10.7. The maximum absolute atomic E-state index is 11.2. The summed E-state index contributed by atoms with van der Waals surface area (Å²) >= 11 is 5.65. The maximum atomic E-state index is 11.2. The summed E-state index contributed by atoms with van der Waals surface area (Å²) in [5.41, 5.74) is 3.16. The fourth-order valence-corrected chi connectivity index (χ4v) is 1.40. The molecule has 5 nitrogen and oxygen atoms in total. The normalized spacial score (nSPS) is 23.6. The summed E-state index contributed by atoms with van der Waals surface area (Å²) in [7, 11) is 1.66. The third kappa shape index (κ3) is 4.16. The largest absolute Gasteiger partial charge is 0.461 e. The lowest BCUT2D eigenvalue weighted by Gasteiger charge is -2.25. The molecule has 0 amide bonds. The van der Waals surface area contributed by atoms with Crippen LogP contribution in [0.3, 0.4) is 0 Å². The van der Waals surface area contributed by atoms with Gasteiger partial charge in [-0.2, -0.15) is 5.10 Å². The number of nitrogens with one attached hydrogen (secondary N) is 1. The van der Waals surface area contributed by atoms with Crippen LogP contribution in [0.2, 0.25) is 0 Å². The van der Waals surface area contributed by atoms with Gasteiger partial charge in [0.15, 0.2) is 0 Å². The molecular formula is C12H17ClN2O3. The van der Waals surface area contributed by atoms with Gasteiger partial charge in [-0.15, -0.1) is 0 Å². The smallest absolute Gasteiger partial charge is 0.370 e. The van der Waals surface area contributed by atoms with E-state index in [1.54, 1.807) is 14.0 Å². The molecule has 0 heterocycles. The number of esters is 1. The number of hydrazone groups is 1. The van der Waals surface area contributed by atoms with Crippen molar-refractivity contribution in [1.29, 1.82) is 0 Å². The first kappa shape index (κ1) is 14.7. The lowest BCUT2D eigenvalue weighted by atomic mass is 9.96. The molecule has 1 unspecified atom stereocenters. The van der Waals surface area contributed by atoms with Crippen LogP contribution in [-0.4, -0.2) is 30.5 Å². The van der Waals surface area contributed by atoms with Crippen molar-refractivity contribution in [3.63, 3.8) is 0 Å². The van der Waals surface area contributed by atoms with E-state index in [4.69, 9.17) is 21.1 Å². The zero-order chi connectivity index (χ0) is 13.6. The van der Waals surface area contributed by atoms with Crippen LogP contribution >= 0.6 is 11.6 Å². The average molecular weight is 273 g/mol. The van der Waals surface area contributed by atoms with Crippen LogP contribution < -0.4 is 5.43 Å². The Morgan fingerprint density at radius 3 is 2.89 bits per heavy atom. The Morgan fingerprint density at radius 1 is 1.67 bits per heavy atom. The van der Waals surface area contributed by atoms with Crippen LogP contribution in [0.15, 0.2) is 29.0 Å². The first-order chi connectivity index (χ1) is 8.50. The Balaban J connectivity index is 2.54. The second kappa shape index (κ2) is 6.56. The molecule has 1 N–H and O–H groups in total. The number of carbonyl (C=O) groups excluding carboxylic acids is 1. The Morgan fingerprint density at radius 2 is 2.39 bits per heavy atom. The van der Waals surface area contributed by atoms with Crippen LogP contribution in [0.4, 0.5) is 0 Å². The molecule has 0 aromatic heterocycles. The van der Waals surface area contributed by atoms with Crippen LogP contribution in [0.25, 0.3) is 0 Å².